The fourth-order valence-corrected chi connectivity index (χ4v) is 3.73. The summed E-state index contributed by atoms with van der Waals surface area (Å²) in [4.78, 5) is 23.5. The van der Waals surface area contributed by atoms with Gasteiger partial charge in [0, 0.05) is 37.5 Å². The van der Waals surface area contributed by atoms with E-state index in [4.69, 9.17) is 14.5 Å². The molecule has 1 aromatic carbocycles. The number of benzene rings is 1. The Labute approximate surface area is 146 Å². The van der Waals surface area contributed by atoms with Gasteiger partial charge in [-0.1, -0.05) is 30.3 Å². The van der Waals surface area contributed by atoms with Crippen LogP contribution in [0, 0.1) is 0 Å². The third-order valence-electron chi connectivity index (χ3n) is 5.01. The number of methoxy groups -OCH3 is 1. The van der Waals surface area contributed by atoms with E-state index in [1.54, 1.807) is 7.11 Å². The quantitative estimate of drug-likeness (QED) is 0.853. The smallest absolute Gasteiger partial charge is 0.248 e. The van der Waals surface area contributed by atoms with Crippen LogP contribution in [0.5, 0.6) is 0 Å². The van der Waals surface area contributed by atoms with E-state index >= 15 is 0 Å². The molecular weight excluding hydrogens is 318 g/mol. The Hall–Kier alpha value is -2.31. The SMILES string of the molecule is COCC(=O)N1CC[C@]2(COCc3cnc(-c4ccccc4)nc32)C1. The highest BCUT2D eigenvalue weighted by molar-refractivity contribution is 5.78. The minimum Gasteiger partial charge on any atom is -0.376 e. The number of likely N-dealkylation sites (tertiary alicyclic amines) is 1. The number of rotatable bonds is 3. The molecule has 2 aliphatic rings. The number of ether oxygens (including phenoxy) is 2. The molecule has 1 atom stereocenters. The van der Waals surface area contributed by atoms with E-state index in [2.05, 4.69) is 4.98 Å². The summed E-state index contributed by atoms with van der Waals surface area (Å²) < 4.78 is 10.8. The molecule has 130 valence electrons. The summed E-state index contributed by atoms with van der Waals surface area (Å²) in [5.74, 6) is 0.742. The molecular formula is C19H21N3O3. The summed E-state index contributed by atoms with van der Waals surface area (Å²) in [5.41, 5.74) is 2.80. The summed E-state index contributed by atoms with van der Waals surface area (Å²) in [6.45, 7) is 2.55. The Morgan fingerprint density at radius 1 is 1.36 bits per heavy atom. The molecule has 0 radical (unpaired) electrons. The van der Waals surface area contributed by atoms with E-state index in [-0.39, 0.29) is 17.9 Å². The van der Waals surface area contributed by atoms with Gasteiger partial charge >= 0.3 is 0 Å². The van der Waals surface area contributed by atoms with Gasteiger partial charge in [0.1, 0.15) is 6.61 Å². The largest absolute Gasteiger partial charge is 0.376 e. The first-order valence-corrected chi connectivity index (χ1v) is 8.48. The van der Waals surface area contributed by atoms with Gasteiger partial charge in [-0.2, -0.15) is 0 Å². The summed E-state index contributed by atoms with van der Waals surface area (Å²) in [6, 6.07) is 9.97. The maximum Gasteiger partial charge on any atom is 0.248 e. The fraction of sp³-hybridized carbons (Fsp3) is 0.421. The molecule has 0 aliphatic carbocycles. The Balaban J connectivity index is 1.69. The summed E-state index contributed by atoms with van der Waals surface area (Å²) >= 11 is 0. The monoisotopic (exact) mass is 339 g/mol. The molecule has 1 amide bonds. The van der Waals surface area contributed by atoms with Crippen LogP contribution in [0.3, 0.4) is 0 Å². The third-order valence-corrected chi connectivity index (χ3v) is 5.01. The minimum absolute atomic E-state index is 0.0174. The number of amides is 1. The highest BCUT2D eigenvalue weighted by Gasteiger charge is 2.46. The van der Waals surface area contributed by atoms with Crippen LogP contribution in [0.25, 0.3) is 11.4 Å². The Morgan fingerprint density at radius 3 is 3.00 bits per heavy atom. The van der Waals surface area contributed by atoms with Crippen molar-refractivity contribution in [2.24, 2.45) is 0 Å². The van der Waals surface area contributed by atoms with Crippen LogP contribution in [0.15, 0.2) is 36.5 Å². The van der Waals surface area contributed by atoms with Gasteiger partial charge in [-0.25, -0.2) is 9.97 Å². The Morgan fingerprint density at radius 2 is 2.20 bits per heavy atom. The zero-order valence-electron chi connectivity index (χ0n) is 14.3. The van der Waals surface area contributed by atoms with Gasteiger partial charge in [0.25, 0.3) is 0 Å². The lowest BCUT2D eigenvalue weighted by molar-refractivity contribution is -0.134. The Bertz CT molecular complexity index is 781. The van der Waals surface area contributed by atoms with Crippen LogP contribution in [0.4, 0.5) is 0 Å². The van der Waals surface area contributed by atoms with E-state index < -0.39 is 0 Å². The number of carbonyl (C=O) groups excluding carboxylic acids is 1. The molecule has 1 aromatic heterocycles. The van der Waals surface area contributed by atoms with E-state index in [1.165, 1.54) is 0 Å². The van der Waals surface area contributed by atoms with Crippen LogP contribution in [0.1, 0.15) is 17.7 Å². The summed E-state index contributed by atoms with van der Waals surface area (Å²) in [5, 5.41) is 0. The average Bonchev–Trinajstić information content (AvgIpc) is 3.08. The van der Waals surface area contributed by atoms with Crippen molar-refractivity contribution in [3.05, 3.63) is 47.8 Å². The molecule has 0 bridgehead atoms. The van der Waals surface area contributed by atoms with Crippen molar-refractivity contribution in [2.45, 2.75) is 18.4 Å². The second kappa shape index (κ2) is 6.54. The standard InChI is InChI=1S/C19H21N3O3/c1-24-11-16(23)22-8-7-19(12-22)13-25-10-15-9-20-18(21-17(15)19)14-5-3-2-4-6-14/h2-6,9H,7-8,10-13H2,1H3/t19-/m1/s1. The van der Waals surface area contributed by atoms with Crippen LogP contribution in [-0.2, 0) is 26.3 Å². The van der Waals surface area contributed by atoms with Crippen molar-refractivity contribution >= 4 is 5.91 Å². The highest BCUT2D eigenvalue weighted by atomic mass is 16.5. The lowest BCUT2D eigenvalue weighted by Crippen LogP contribution is -2.42. The first-order valence-electron chi connectivity index (χ1n) is 8.48. The third kappa shape index (κ3) is 2.92. The predicted molar refractivity (Wildman–Crippen MR) is 91.9 cm³/mol. The topological polar surface area (TPSA) is 64.5 Å². The van der Waals surface area contributed by atoms with Crippen molar-refractivity contribution < 1.29 is 14.3 Å². The van der Waals surface area contributed by atoms with Crippen LogP contribution in [-0.4, -0.2) is 54.2 Å². The second-order valence-corrected chi connectivity index (χ2v) is 6.70. The number of hydrogen-bond acceptors (Lipinski definition) is 5. The first-order chi connectivity index (χ1) is 12.2. The van der Waals surface area contributed by atoms with E-state index in [1.807, 2.05) is 41.4 Å². The van der Waals surface area contributed by atoms with Crippen molar-refractivity contribution in [2.75, 3.05) is 33.4 Å². The number of fused-ring (bicyclic) bond motifs is 2. The second-order valence-electron chi connectivity index (χ2n) is 6.70. The van der Waals surface area contributed by atoms with Crippen LogP contribution < -0.4 is 0 Å². The molecule has 1 spiro atoms. The van der Waals surface area contributed by atoms with Gasteiger partial charge in [-0.15, -0.1) is 0 Å². The molecule has 2 aliphatic heterocycles. The number of nitrogens with zero attached hydrogens (tertiary/aromatic N) is 3. The van der Waals surface area contributed by atoms with E-state index in [9.17, 15) is 4.79 Å². The van der Waals surface area contributed by atoms with Gasteiger partial charge in [0.05, 0.1) is 24.3 Å². The molecule has 4 rings (SSSR count). The lowest BCUT2D eigenvalue weighted by atomic mass is 9.80. The molecule has 2 aromatic rings. The summed E-state index contributed by atoms with van der Waals surface area (Å²) in [7, 11) is 1.54. The predicted octanol–water partition coefficient (Wildman–Crippen LogP) is 1.79. The molecule has 25 heavy (non-hydrogen) atoms. The van der Waals surface area contributed by atoms with Crippen LogP contribution in [0.2, 0.25) is 0 Å². The highest BCUT2D eigenvalue weighted by Crippen LogP contribution is 2.39. The normalized spacial score (nSPS) is 22.2. The number of aromatic nitrogens is 2. The first kappa shape index (κ1) is 16.2. The molecule has 1 saturated heterocycles. The molecule has 6 nitrogen and oxygen atoms in total. The van der Waals surface area contributed by atoms with Gasteiger partial charge in [-0.05, 0) is 6.42 Å². The van der Waals surface area contributed by atoms with Crippen LogP contribution >= 0.6 is 0 Å². The number of hydrogen-bond donors (Lipinski definition) is 0. The van der Waals surface area contributed by atoms with Crippen molar-refractivity contribution in [1.82, 2.24) is 14.9 Å². The van der Waals surface area contributed by atoms with Crippen molar-refractivity contribution in [1.29, 1.82) is 0 Å². The van der Waals surface area contributed by atoms with Crippen molar-refractivity contribution in [3.8, 4) is 11.4 Å². The minimum atomic E-state index is -0.247. The molecule has 0 N–H and O–H groups in total. The average molecular weight is 339 g/mol. The maximum absolute atomic E-state index is 12.2. The number of carbonyl (C=O) groups is 1. The Kier molecular flexibility index (Phi) is 4.23. The van der Waals surface area contributed by atoms with Gasteiger partial charge in [0.2, 0.25) is 5.91 Å². The lowest BCUT2D eigenvalue weighted by Gasteiger charge is -2.34. The van der Waals surface area contributed by atoms with Gasteiger partial charge in [-0.3, -0.25) is 4.79 Å². The molecule has 1 fully saturated rings. The maximum atomic E-state index is 12.2. The molecule has 6 heteroatoms. The molecule has 3 heterocycles. The fourth-order valence-electron chi connectivity index (χ4n) is 3.73. The molecule has 0 unspecified atom stereocenters. The van der Waals surface area contributed by atoms with Crippen molar-refractivity contribution in [3.63, 3.8) is 0 Å². The zero-order chi connectivity index (χ0) is 17.3. The zero-order valence-corrected chi connectivity index (χ0v) is 14.3. The summed E-state index contributed by atoms with van der Waals surface area (Å²) in [6.07, 6.45) is 2.71. The van der Waals surface area contributed by atoms with E-state index in [0.717, 1.165) is 29.1 Å². The van der Waals surface area contributed by atoms with Gasteiger partial charge < -0.3 is 14.4 Å². The molecule has 0 saturated carbocycles. The van der Waals surface area contributed by atoms with Gasteiger partial charge in [0.15, 0.2) is 5.82 Å². The van der Waals surface area contributed by atoms with E-state index in [0.29, 0.717) is 26.3 Å².